The van der Waals surface area contributed by atoms with E-state index >= 15 is 0 Å². The molecule has 0 spiro atoms. The van der Waals surface area contributed by atoms with E-state index < -0.39 is 0 Å². The summed E-state index contributed by atoms with van der Waals surface area (Å²) in [4.78, 5) is 0. The van der Waals surface area contributed by atoms with Gasteiger partial charge in [-0.15, -0.1) is 0 Å². The highest BCUT2D eigenvalue weighted by Gasteiger charge is 2.47. The summed E-state index contributed by atoms with van der Waals surface area (Å²) in [6.07, 6.45) is 0.544. The van der Waals surface area contributed by atoms with Crippen molar-refractivity contribution in [2.45, 2.75) is 19.1 Å². The Balaban J connectivity index is 1.95. The molecular formula is C19H14O. The van der Waals surface area contributed by atoms with Gasteiger partial charge in [-0.1, -0.05) is 48.5 Å². The van der Waals surface area contributed by atoms with Crippen LogP contribution in [0.2, 0.25) is 0 Å². The lowest BCUT2D eigenvalue weighted by atomic mass is 9.81. The molecular weight excluding hydrogens is 244 g/mol. The molecule has 20 heavy (non-hydrogen) atoms. The maximum absolute atomic E-state index is 5.93. The molecule has 0 saturated carbocycles. The maximum Gasteiger partial charge on any atom is 0.114 e. The van der Waals surface area contributed by atoms with E-state index in [4.69, 9.17) is 4.74 Å². The second kappa shape index (κ2) is 3.50. The highest BCUT2D eigenvalue weighted by atomic mass is 16.6. The summed E-state index contributed by atoms with van der Waals surface area (Å²) in [6, 6.07) is 19.6. The molecule has 0 N–H and O–H groups in total. The van der Waals surface area contributed by atoms with Crippen LogP contribution in [0.1, 0.15) is 28.9 Å². The van der Waals surface area contributed by atoms with Crippen LogP contribution in [0.4, 0.5) is 0 Å². The fourth-order valence-corrected chi connectivity index (χ4v) is 3.70. The monoisotopic (exact) mass is 258 g/mol. The van der Waals surface area contributed by atoms with Gasteiger partial charge in [0.25, 0.3) is 0 Å². The van der Waals surface area contributed by atoms with Crippen LogP contribution < -0.4 is 0 Å². The summed E-state index contributed by atoms with van der Waals surface area (Å²) in [5.74, 6) is 0. The molecule has 1 aliphatic carbocycles. The summed E-state index contributed by atoms with van der Waals surface area (Å²) in [5, 5.41) is 2.66. The quantitative estimate of drug-likeness (QED) is 0.520. The van der Waals surface area contributed by atoms with Gasteiger partial charge in [-0.2, -0.15) is 0 Å². The van der Waals surface area contributed by atoms with Gasteiger partial charge in [0.2, 0.25) is 0 Å². The molecule has 1 heterocycles. The fourth-order valence-electron chi connectivity index (χ4n) is 3.70. The lowest BCUT2D eigenvalue weighted by molar-refractivity contribution is 0.380. The van der Waals surface area contributed by atoms with E-state index in [1.807, 2.05) is 0 Å². The van der Waals surface area contributed by atoms with E-state index in [2.05, 4.69) is 61.5 Å². The molecule has 5 rings (SSSR count). The molecule has 1 nitrogen and oxygen atoms in total. The Kier molecular flexibility index (Phi) is 1.86. The number of ether oxygens (including phenoxy) is 1. The molecule has 1 fully saturated rings. The lowest BCUT2D eigenvalue weighted by Gasteiger charge is -2.20. The van der Waals surface area contributed by atoms with Gasteiger partial charge in [0, 0.05) is 0 Å². The largest absolute Gasteiger partial charge is 0.359 e. The van der Waals surface area contributed by atoms with E-state index in [1.54, 1.807) is 0 Å². The van der Waals surface area contributed by atoms with Crippen LogP contribution in [0.25, 0.3) is 21.9 Å². The average Bonchev–Trinajstić information content (AvgIpc) is 3.28. The smallest absolute Gasteiger partial charge is 0.114 e. The minimum Gasteiger partial charge on any atom is -0.359 e. The van der Waals surface area contributed by atoms with Crippen molar-refractivity contribution < 1.29 is 4.74 Å². The third-order valence-electron chi connectivity index (χ3n) is 4.67. The van der Waals surface area contributed by atoms with Gasteiger partial charge < -0.3 is 4.74 Å². The number of aryl methyl sites for hydroxylation is 1. The highest BCUT2D eigenvalue weighted by Crippen LogP contribution is 2.60. The third kappa shape index (κ3) is 1.21. The van der Waals surface area contributed by atoms with Gasteiger partial charge in [-0.05, 0) is 51.6 Å². The molecule has 96 valence electrons. The molecule has 2 atom stereocenters. The van der Waals surface area contributed by atoms with E-state index in [9.17, 15) is 0 Å². The Morgan fingerprint density at radius 3 is 2.55 bits per heavy atom. The Bertz CT molecular complexity index is 863. The van der Waals surface area contributed by atoms with Gasteiger partial charge in [0.1, 0.15) is 12.2 Å². The summed E-state index contributed by atoms with van der Waals surface area (Å²) in [7, 11) is 0. The van der Waals surface area contributed by atoms with Crippen LogP contribution in [0.15, 0.2) is 54.6 Å². The van der Waals surface area contributed by atoms with Gasteiger partial charge in [-0.3, -0.25) is 0 Å². The maximum atomic E-state index is 5.93. The predicted molar refractivity (Wildman–Crippen MR) is 80.7 cm³/mol. The highest BCUT2D eigenvalue weighted by molar-refractivity contribution is 5.95. The Morgan fingerprint density at radius 2 is 1.60 bits per heavy atom. The molecule has 0 aromatic heterocycles. The number of rotatable bonds is 0. The van der Waals surface area contributed by atoms with Crippen LogP contribution in [-0.4, -0.2) is 0 Å². The lowest BCUT2D eigenvalue weighted by Crippen LogP contribution is -2.01. The number of epoxide rings is 1. The number of benzene rings is 3. The number of fused-ring (bicyclic) bond motifs is 7. The molecule has 0 amide bonds. The standard InChI is InChI=1S/C19H14O/c1-11-13-7-3-2-6-12(13)10-16-17(11)14-8-4-5-9-15(14)18-19(16)20-18/h2-10,18-19H,1H3. The van der Waals surface area contributed by atoms with Crippen molar-refractivity contribution in [2.75, 3.05) is 0 Å². The first-order valence-electron chi connectivity index (χ1n) is 7.11. The van der Waals surface area contributed by atoms with Crippen molar-refractivity contribution in [3.05, 3.63) is 71.3 Å². The molecule has 1 aliphatic heterocycles. The molecule has 0 bridgehead atoms. The Hall–Kier alpha value is -2.12. The number of hydrogen-bond acceptors (Lipinski definition) is 1. The summed E-state index contributed by atoms with van der Waals surface area (Å²) in [6.45, 7) is 2.24. The first-order chi connectivity index (χ1) is 9.84. The molecule has 2 aliphatic rings. The summed E-state index contributed by atoms with van der Waals surface area (Å²) in [5.41, 5.74) is 6.83. The fraction of sp³-hybridized carbons (Fsp3) is 0.158. The molecule has 0 radical (unpaired) electrons. The Labute approximate surface area is 117 Å². The molecule has 3 aromatic carbocycles. The molecule has 3 aromatic rings. The van der Waals surface area contributed by atoms with Crippen molar-refractivity contribution in [1.29, 1.82) is 0 Å². The van der Waals surface area contributed by atoms with E-state index in [-0.39, 0.29) is 12.2 Å². The topological polar surface area (TPSA) is 12.5 Å². The minimum absolute atomic E-state index is 0.267. The summed E-state index contributed by atoms with van der Waals surface area (Å²) < 4.78 is 5.93. The molecule has 1 saturated heterocycles. The third-order valence-corrected chi connectivity index (χ3v) is 4.67. The second-order valence-corrected chi connectivity index (χ2v) is 5.75. The first-order valence-corrected chi connectivity index (χ1v) is 7.11. The van der Waals surface area contributed by atoms with E-state index in [1.165, 1.54) is 38.6 Å². The van der Waals surface area contributed by atoms with Crippen molar-refractivity contribution >= 4 is 10.8 Å². The predicted octanol–water partition coefficient (Wildman–Crippen LogP) is 4.94. The minimum atomic E-state index is 0.267. The van der Waals surface area contributed by atoms with Crippen molar-refractivity contribution in [1.82, 2.24) is 0 Å². The Morgan fingerprint density at radius 1 is 0.850 bits per heavy atom. The zero-order valence-electron chi connectivity index (χ0n) is 11.3. The van der Waals surface area contributed by atoms with Gasteiger partial charge in [0.05, 0.1) is 0 Å². The van der Waals surface area contributed by atoms with Crippen molar-refractivity contribution in [2.24, 2.45) is 0 Å². The second-order valence-electron chi connectivity index (χ2n) is 5.75. The van der Waals surface area contributed by atoms with Gasteiger partial charge >= 0.3 is 0 Å². The zero-order chi connectivity index (χ0) is 13.3. The van der Waals surface area contributed by atoms with E-state index in [0.717, 1.165) is 0 Å². The first kappa shape index (κ1) is 10.6. The van der Waals surface area contributed by atoms with Crippen LogP contribution in [0.3, 0.4) is 0 Å². The SMILES string of the molecule is Cc1c2c(cc3ccccc13)C1OC1c1ccccc1-2. The molecule has 1 heteroatoms. The van der Waals surface area contributed by atoms with Crippen LogP contribution in [0.5, 0.6) is 0 Å². The van der Waals surface area contributed by atoms with Gasteiger partial charge in [-0.25, -0.2) is 0 Å². The van der Waals surface area contributed by atoms with Crippen LogP contribution >= 0.6 is 0 Å². The van der Waals surface area contributed by atoms with Crippen LogP contribution in [0, 0.1) is 6.92 Å². The van der Waals surface area contributed by atoms with Crippen molar-refractivity contribution in [3.8, 4) is 11.1 Å². The zero-order valence-corrected chi connectivity index (χ0v) is 11.3. The summed E-state index contributed by atoms with van der Waals surface area (Å²) >= 11 is 0. The van der Waals surface area contributed by atoms with Gasteiger partial charge in [0.15, 0.2) is 0 Å². The number of hydrogen-bond donors (Lipinski definition) is 0. The van der Waals surface area contributed by atoms with Crippen molar-refractivity contribution in [3.63, 3.8) is 0 Å². The molecule has 2 unspecified atom stereocenters. The average molecular weight is 258 g/mol. The normalized spacial score (nSPS) is 22.1. The van der Waals surface area contributed by atoms with E-state index in [0.29, 0.717) is 0 Å². The van der Waals surface area contributed by atoms with Crippen LogP contribution in [-0.2, 0) is 4.74 Å².